The first kappa shape index (κ1) is 14.8. The van der Waals surface area contributed by atoms with E-state index in [1.165, 1.54) is 19.3 Å². The van der Waals surface area contributed by atoms with Crippen molar-refractivity contribution in [2.45, 2.75) is 25.8 Å². The predicted octanol–water partition coefficient (Wildman–Crippen LogP) is 2.09. The maximum atomic E-state index is 12.9. The molecule has 0 saturated carbocycles. The molecular formula is C15H20FN5O. The second-order valence-corrected chi connectivity index (χ2v) is 5.58. The van der Waals surface area contributed by atoms with Crippen LogP contribution in [0, 0.1) is 5.82 Å². The Kier molecular flexibility index (Phi) is 4.53. The summed E-state index contributed by atoms with van der Waals surface area (Å²) in [7, 11) is 0. The zero-order chi connectivity index (χ0) is 15.4. The average Bonchev–Trinajstić information content (AvgIpc) is 3.15. The molecule has 1 fully saturated rings. The van der Waals surface area contributed by atoms with Gasteiger partial charge in [-0.05, 0) is 25.9 Å². The topological polar surface area (TPSA) is 66.0 Å². The van der Waals surface area contributed by atoms with Crippen LogP contribution >= 0.6 is 0 Å². The van der Waals surface area contributed by atoms with Gasteiger partial charge in [0.2, 0.25) is 0 Å². The lowest BCUT2D eigenvalue weighted by atomic mass is 10.1. The molecule has 3 rings (SSSR count). The number of aromatic amines is 1. The van der Waals surface area contributed by atoms with Crippen LogP contribution in [0.25, 0.3) is 0 Å². The van der Waals surface area contributed by atoms with Crippen molar-refractivity contribution in [3.05, 3.63) is 36.2 Å². The molecule has 0 radical (unpaired) electrons. The Morgan fingerprint density at radius 3 is 2.86 bits per heavy atom. The van der Waals surface area contributed by atoms with Gasteiger partial charge in [0.25, 0.3) is 5.91 Å². The zero-order valence-corrected chi connectivity index (χ0v) is 12.4. The number of carbonyl (C=O) groups is 1. The second-order valence-electron chi connectivity index (χ2n) is 5.58. The maximum absolute atomic E-state index is 12.9. The Balaban J connectivity index is 1.51. The lowest BCUT2D eigenvalue weighted by Gasteiger charge is -2.26. The molecule has 2 aromatic rings. The lowest BCUT2D eigenvalue weighted by molar-refractivity contribution is 0.102. The van der Waals surface area contributed by atoms with Crippen LogP contribution in [0.2, 0.25) is 0 Å². The number of anilines is 1. The fourth-order valence-corrected chi connectivity index (χ4v) is 2.67. The number of carbonyl (C=O) groups excluding carboxylic acids is 1. The average molecular weight is 305 g/mol. The highest BCUT2D eigenvalue weighted by Crippen LogP contribution is 2.10. The van der Waals surface area contributed by atoms with E-state index in [2.05, 4.69) is 20.3 Å². The Labute approximate surface area is 128 Å². The van der Waals surface area contributed by atoms with Crippen LogP contribution in [0.1, 0.15) is 29.8 Å². The van der Waals surface area contributed by atoms with Crippen molar-refractivity contribution in [1.82, 2.24) is 19.7 Å². The summed E-state index contributed by atoms with van der Waals surface area (Å²) < 4.78 is 14.7. The summed E-state index contributed by atoms with van der Waals surface area (Å²) in [6, 6.07) is 1.16. The second kappa shape index (κ2) is 6.74. The third kappa shape index (κ3) is 3.73. The third-order valence-corrected chi connectivity index (χ3v) is 3.88. The number of piperidine rings is 1. The van der Waals surface area contributed by atoms with Crippen LogP contribution in [0.15, 0.2) is 24.7 Å². The monoisotopic (exact) mass is 305 g/mol. The number of rotatable bonds is 5. The minimum absolute atomic E-state index is 0.193. The van der Waals surface area contributed by atoms with Gasteiger partial charge in [-0.3, -0.25) is 9.48 Å². The van der Waals surface area contributed by atoms with Gasteiger partial charge in [-0.25, -0.2) is 4.39 Å². The van der Waals surface area contributed by atoms with Gasteiger partial charge < -0.3 is 15.2 Å². The summed E-state index contributed by atoms with van der Waals surface area (Å²) in [5.41, 5.74) is 0.803. The largest absolute Gasteiger partial charge is 0.355 e. The molecule has 0 bridgehead atoms. The van der Waals surface area contributed by atoms with Crippen LogP contribution < -0.4 is 5.32 Å². The van der Waals surface area contributed by atoms with E-state index in [1.54, 1.807) is 12.4 Å². The van der Waals surface area contributed by atoms with E-state index >= 15 is 0 Å². The highest BCUT2D eigenvalue weighted by Gasteiger charge is 2.12. The normalized spacial score (nSPS) is 15.9. The van der Waals surface area contributed by atoms with E-state index in [4.69, 9.17) is 0 Å². The molecular weight excluding hydrogens is 285 g/mol. The number of aromatic nitrogens is 3. The zero-order valence-electron chi connectivity index (χ0n) is 12.4. The predicted molar refractivity (Wildman–Crippen MR) is 81.2 cm³/mol. The van der Waals surface area contributed by atoms with Gasteiger partial charge in [0.15, 0.2) is 0 Å². The van der Waals surface area contributed by atoms with Gasteiger partial charge in [-0.2, -0.15) is 5.10 Å². The first-order valence-electron chi connectivity index (χ1n) is 7.61. The summed E-state index contributed by atoms with van der Waals surface area (Å²) in [4.78, 5) is 16.9. The molecule has 0 atom stereocenters. The van der Waals surface area contributed by atoms with Crippen molar-refractivity contribution in [2.75, 3.05) is 25.0 Å². The maximum Gasteiger partial charge on any atom is 0.272 e. The van der Waals surface area contributed by atoms with Crippen LogP contribution in [-0.4, -0.2) is 45.2 Å². The van der Waals surface area contributed by atoms with Crippen LogP contribution in [0.5, 0.6) is 0 Å². The summed E-state index contributed by atoms with van der Waals surface area (Å²) in [5, 5.41) is 6.94. The minimum Gasteiger partial charge on any atom is -0.355 e. The number of hydrogen-bond donors (Lipinski definition) is 2. The van der Waals surface area contributed by atoms with E-state index in [9.17, 15) is 9.18 Å². The van der Waals surface area contributed by atoms with Crippen molar-refractivity contribution in [3.8, 4) is 0 Å². The molecule has 0 unspecified atom stereocenters. The summed E-state index contributed by atoms with van der Waals surface area (Å²) in [5.74, 6) is -0.832. The minimum atomic E-state index is -0.456. The van der Waals surface area contributed by atoms with Crippen molar-refractivity contribution < 1.29 is 9.18 Å². The molecule has 1 saturated heterocycles. The van der Waals surface area contributed by atoms with Crippen molar-refractivity contribution in [2.24, 2.45) is 0 Å². The van der Waals surface area contributed by atoms with Gasteiger partial charge >= 0.3 is 0 Å². The number of halogens is 1. The Bertz CT molecular complexity index is 629. The number of nitrogens with one attached hydrogen (secondary N) is 2. The first-order valence-corrected chi connectivity index (χ1v) is 7.61. The van der Waals surface area contributed by atoms with E-state index in [1.807, 2.05) is 4.68 Å². The number of H-pyrrole nitrogens is 1. The molecule has 118 valence electrons. The highest BCUT2D eigenvalue weighted by atomic mass is 19.1. The van der Waals surface area contributed by atoms with Gasteiger partial charge in [0, 0.05) is 25.0 Å². The van der Waals surface area contributed by atoms with Gasteiger partial charge in [-0.1, -0.05) is 6.42 Å². The first-order chi connectivity index (χ1) is 10.7. The standard InChI is InChI=1S/C15H20FN5O/c16-12-8-14(17-9-12)15(22)19-13-10-18-21(11-13)7-6-20-4-2-1-3-5-20/h8-11,17H,1-7H2,(H,19,22). The summed E-state index contributed by atoms with van der Waals surface area (Å²) in [6.07, 6.45) is 8.42. The van der Waals surface area contributed by atoms with Crippen LogP contribution in [-0.2, 0) is 6.54 Å². The smallest absolute Gasteiger partial charge is 0.272 e. The highest BCUT2D eigenvalue weighted by molar-refractivity contribution is 6.02. The van der Waals surface area contributed by atoms with Crippen LogP contribution in [0.3, 0.4) is 0 Å². The Morgan fingerprint density at radius 2 is 2.14 bits per heavy atom. The number of amides is 1. The number of likely N-dealkylation sites (tertiary alicyclic amines) is 1. The molecule has 0 aliphatic carbocycles. The van der Waals surface area contributed by atoms with Crippen molar-refractivity contribution in [1.29, 1.82) is 0 Å². The summed E-state index contributed by atoms with van der Waals surface area (Å²) in [6.45, 7) is 4.08. The molecule has 2 N–H and O–H groups in total. The Morgan fingerprint density at radius 1 is 1.32 bits per heavy atom. The van der Waals surface area contributed by atoms with E-state index < -0.39 is 5.82 Å². The molecule has 0 spiro atoms. The molecule has 1 aliphatic rings. The fraction of sp³-hybridized carbons (Fsp3) is 0.467. The van der Waals surface area contributed by atoms with E-state index in [0.717, 1.165) is 38.4 Å². The molecule has 6 nitrogen and oxygen atoms in total. The molecule has 3 heterocycles. The van der Waals surface area contributed by atoms with E-state index in [0.29, 0.717) is 5.69 Å². The Hall–Kier alpha value is -2.15. The molecule has 1 amide bonds. The summed E-state index contributed by atoms with van der Waals surface area (Å²) >= 11 is 0. The lowest BCUT2D eigenvalue weighted by Crippen LogP contribution is -2.32. The van der Waals surface area contributed by atoms with Crippen molar-refractivity contribution >= 4 is 11.6 Å². The number of nitrogens with zero attached hydrogens (tertiary/aromatic N) is 3. The quantitative estimate of drug-likeness (QED) is 0.889. The van der Waals surface area contributed by atoms with Gasteiger partial charge in [0.1, 0.15) is 11.5 Å². The third-order valence-electron chi connectivity index (χ3n) is 3.88. The van der Waals surface area contributed by atoms with Crippen LogP contribution in [0.4, 0.5) is 10.1 Å². The molecule has 22 heavy (non-hydrogen) atoms. The molecule has 2 aromatic heterocycles. The molecule has 1 aliphatic heterocycles. The van der Waals surface area contributed by atoms with Gasteiger partial charge in [0.05, 0.1) is 18.4 Å². The fourth-order valence-electron chi connectivity index (χ4n) is 2.67. The number of hydrogen-bond acceptors (Lipinski definition) is 3. The SMILES string of the molecule is O=C(Nc1cnn(CCN2CCCCC2)c1)c1cc(F)c[nH]1. The molecule has 7 heteroatoms. The van der Waals surface area contributed by atoms with E-state index in [-0.39, 0.29) is 11.6 Å². The molecule has 0 aromatic carbocycles. The van der Waals surface area contributed by atoms with Crippen molar-refractivity contribution in [3.63, 3.8) is 0 Å². The van der Waals surface area contributed by atoms with Gasteiger partial charge in [-0.15, -0.1) is 0 Å².